The molecule has 3 aliphatic rings. The fourth-order valence-electron chi connectivity index (χ4n) is 5.80. The van der Waals surface area contributed by atoms with Crippen LogP contribution in [0.3, 0.4) is 0 Å². The van der Waals surface area contributed by atoms with Gasteiger partial charge >= 0.3 is 0 Å². The van der Waals surface area contributed by atoms with Crippen LogP contribution >= 0.6 is 0 Å². The number of allylic oxidation sites excluding steroid dienone is 2. The third-order valence-electron chi connectivity index (χ3n) is 8.61. The third-order valence-corrected chi connectivity index (χ3v) is 13.0. The number of benzene rings is 1. The molecule has 1 aromatic carbocycles. The molecular formula is C25H38O2Si. The maximum atomic E-state index is 6.90. The van der Waals surface area contributed by atoms with Gasteiger partial charge in [-0.15, -0.1) is 0 Å². The molecule has 4 rings (SSSR count). The summed E-state index contributed by atoms with van der Waals surface area (Å²) in [6.07, 6.45) is 8.72. The van der Waals surface area contributed by atoms with E-state index < -0.39 is 8.32 Å². The zero-order valence-corrected chi connectivity index (χ0v) is 19.9. The molecule has 2 nitrogen and oxygen atoms in total. The molecule has 1 saturated carbocycles. The first kappa shape index (κ1) is 20.1. The molecule has 0 amide bonds. The summed E-state index contributed by atoms with van der Waals surface area (Å²) < 4.78 is 12.4. The Kier molecular flexibility index (Phi) is 4.77. The lowest BCUT2D eigenvalue weighted by atomic mass is 9.55. The Labute approximate surface area is 172 Å². The van der Waals surface area contributed by atoms with E-state index in [4.69, 9.17) is 9.16 Å². The van der Waals surface area contributed by atoms with Gasteiger partial charge in [0.25, 0.3) is 0 Å². The van der Waals surface area contributed by atoms with E-state index in [0.717, 1.165) is 17.6 Å². The molecule has 0 aliphatic heterocycles. The Morgan fingerprint density at radius 2 is 1.89 bits per heavy atom. The van der Waals surface area contributed by atoms with Gasteiger partial charge in [-0.2, -0.15) is 0 Å². The highest BCUT2D eigenvalue weighted by Crippen LogP contribution is 2.62. The second kappa shape index (κ2) is 6.65. The van der Waals surface area contributed by atoms with Crippen LogP contribution in [0.2, 0.25) is 18.1 Å². The zero-order valence-electron chi connectivity index (χ0n) is 18.9. The van der Waals surface area contributed by atoms with E-state index in [-0.39, 0.29) is 10.5 Å². The van der Waals surface area contributed by atoms with Crippen molar-refractivity contribution in [1.29, 1.82) is 0 Å². The first-order valence-corrected chi connectivity index (χ1v) is 14.0. The fourth-order valence-corrected chi connectivity index (χ4v) is 6.97. The van der Waals surface area contributed by atoms with E-state index in [1.807, 2.05) is 0 Å². The quantitative estimate of drug-likeness (QED) is 0.507. The van der Waals surface area contributed by atoms with Crippen molar-refractivity contribution < 1.29 is 9.16 Å². The first-order valence-electron chi connectivity index (χ1n) is 11.1. The van der Waals surface area contributed by atoms with Gasteiger partial charge in [0.15, 0.2) is 0 Å². The molecule has 0 heterocycles. The molecule has 0 radical (unpaired) electrons. The fraction of sp³-hybridized carbons (Fsp3) is 0.680. The molecule has 4 atom stereocenters. The predicted molar refractivity (Wildman–Crippen MR) is 119 cm³/mol. The van der Waals surface area contributed by atoms with Crippen molar-refractivity contribution in [2.75, 3.05) is 7.11 Å². The summed E-state index contributed by atoms with van der Waals surface area (Å²) in [4.78, 5) is 0. The van der Waals surface area contributed by atoms with Crippen LogP contribution in [0.25, 0.3) is 0 Å². The molecule has 3 heteroatoms. The van der Waals surface area contributed by atoms with E-state index in [9.17, 15) is 0 Å². The van der Waals surface area contributed by atoms with Gasteiger partial charge in [-0.25, -0.2) is 0 Å². The van der Waals surface area contributed by atoms with Gasteiger partial charge in [0, 0.05) is 5.41 Å². The van der Waals surface area contributed by atoms with Gasteiger partial charge in [0.05, 0.1) is 12.9 Å². The van der Waals surface area contributed by atoms with E-state index in [0.29, 0.717) is 5.92 Å². The predicted octanol–water partition coefficient (Wildman–Crippen LogP) is 7.07. The van der Waals surface area contributed by atoms with E-state index >= 15 is 0 Å². The Hall–Kier alpha value is -1.22. The molecule has 1 aromatic rings. The molecule has 3 aliphatic carbocycles. The maximum absolute atomic E-state index is 6.90. The van der Waals surface area contributed by atoms with Crippen molar-refractivity contribution in [3.05, 3.63) is 41.2 Å². The van der Waals surface area contributed by atoms with Crippen LogP contribution in [0.4, 0.5) is 0 Å². The Morgan fingerprint density at radius 1 is 1.14 bits per heavy atom. The molecule has 154 valence electrons. The van der Waals surface area contributed by atoms with Crippen LogP contribution in [0.5, 0.6) is 5.75 Å². The highest BCUT2D eigenvalue weighted by atomic mass is 28.4. The third kappa shape index (κ3) is 3.05. The average Bonchev–Trinajstić information content (AvgIpc) is 2.96. The Balaban J connectivity index is 1.58. The molecule has 0 spiro atoms. The normalized spacial score (nSPS) is 32.1. The molecule has 0 aromatic heterocycles. The lowest BCUT2D eigenvalue weighted by molar-refractivity contribution is 0.0495. The second-order valence-corrected chi connectivity index (χ2v) is 15.8. The monoisotopic (exact) mass is 398 g/mol. The van der Waals surface area contributed by atoms with Crippen molar-refractivity contribution in [3.63, 3.8) is 0 Å². The standard InChI is InChI=1S/C25H38O2Si/c1-24(2,3)28(6,7)27-23-13-12-22-21-10-8-17-16-18(26-5)9-11-19(17)20(21)14-15-25(22,23)4/h9,11,13,16,20-22H,8,10,12,14-15H2,1-7H3/t20-,21-,22+,25+/m1/s1. The zero-order chi connectivity index (χ0) is 20.3. The highest BCUT2D eigenvalue weighted by Gasteiger charge is 2.54. The minimum absolute atomic E-state index is 0.237. The van der Waals surface area contributed by atoms with E-state index in [1.54, 1.807) is 12.7 Å². The largest absolute Gasteiger partial charge is 0.546 e. The number of fused-ring (bicyclic) bond motifs is 5. The van der Waals surface area contributed by atoms with Gasteiger partial charge in [-0.3, -0.25) is 0 Å². The number of ether oxygens (including phenoxy) is 1. The average molecular weight is 399 g/mol. The van der Waals surface area contributed by atoms with Crippen LogP contribution in [0.1, 0.15) is 70.4 Å². The molecular weight excluding hydrogens is 360 g/mol. The summed E-state index contributed by atoms with van der Waals surface area (Å²) in [5.41, 5.74) is 3.35. The molecule has 28 heavy (non-hydrogen) atoms. The summed E-state index contributed by atoms with van der Waals surface area (Å²) in [7, 11) is -0.0159. The lowest BCUT2D eigenvalue weighted by Crippen LogP contribution is -2.46. The summed E-state index contributed by atoms with van der Waals surface area (Å²) in [5, 5.41) is 0.252. The van der Waals surface area contributed by atoms with E-state index in [1.165, 1.54) is 43.4 Å². The second-order valence-electron chi connectivity index (χ2n) is 11.1. The van der Waals surface area contributed by atoms with Crippen LogP contribution in [-0.4, -0.2) is 15.4 Å². The van der Waals surface area contributed by atoms with Gasteiger partial charge < -0.3 is 9.16 Å². The molecule has 1 fully saturated rings. The van der Waals surface area contributed by atoms with Crippen LogP contribution in [0, 0.1) is 17.3 Å². The van der Waals surface area contributed by atoms with Crippen molar-refractivity contribution in [3.8, 4) is 5.75 Å². The number of methoxy groups -OCH3 is 1. The Morgan fingerprint density at radius 3 is 2.57 bits per heavy atom. The molecule has 0 saturated heterocycles. The smallest absolute Gasteiger partial charge is 0.250 e. The minimum Gasteiger partial charge on any atom is -0.546 e. The van der Waals surface area contributed by atoms with Gasteiger partial charge in [0.2, 0.25) is 8.32 Å². The SMILES string of the molecule is COc1ccc2c(c1)CC[C@@H]1[C@@H]2CC[C@]2(C)C(O[Si](C)(C)C(C)(C)C)=CC[C@@H]12. The van der Waals surface area contributed by atoms with Gasteiger partial charge in [-0.05, 0) is 97.3 Å². The van der Waals surface area contributed by atoms with Crippen molar-refractivity contribution >= 4 is 8.32 Å². The summed E-state index contributed by atoms with van der Waals surface area (Å²) >= 11 is 0. The number of hydrogen-bond donors (Lipinski definition) is 0. The van der Waals surface area contributed by atoms with Crippen LogP contribution in [-0.2, 0) is 10.8 Å². The summed E-state index contributed by atoms with van der Waals surface area (Å²) in [6.45, 7) is 14.3. The van der Waals surface area contributed by atoms with Crippen LogP contribution < -0.4 is 4.74 Å². The highest BCUT2D eigenvalue weighted by molar-refractivity contribution is 6.74. The number of aryl methyl sites for hydroxylation is 1. The summed E-state index contributed by atoms with van der Waals surface area (Å²) in [5.74, 6) is 4.58. The van der Waals surface area contributed by atoms with Crippen LogP contribution in [0.15, 0.2) is 30.0 Å². The topological polar surface area (TPSA) is 18.5 Å². The maximum Gasteiger partial charge on any atom is 0.250 e. The van der Waals surface area contributed by atoms with Gasteiger partial charge in [0.1, 0.15) is 5.75 Å². The summed E-state index contributed by atoms with van der Waals surface area (Å²) in [6, 6.07) is 6.79. The molecule has 0 bridgehead atoms. The molecule has 0 N–H and O–H groups in total. The lowest BCUT2D eigenvalue weighted by Gasteiger charge is -2.51. The Bertz CT molecular complexity index is 788. The molecule has 0 unspecified atom stereocenters. The van der Waals surface area contributed by atoms with E-state index in [2.05, 4.69) is 65.1 Å². The first-order chi connectivity index (χ1) is 13.1. The minimum atomic E-state index is -1.79. The van der Waals surface area contributed by atoms with Gasteiger partial charge in [-0.1, -0.05) is 33.8 Å². The van der Waals surface area contributed by atoms with Crippen molar-refractivity contribution in [1.82, 2.24) is 0 Å². The number of hydrogen-bond acceptors (Lipinski definition) is 2. The van der Waals surface area contributed by atoms with Crippen molar-refractivity contribution in [2.24, 2.45) is 17.3 Å². The van der Waals surface area contributed by atoms with Crippen molar-refractivity contribution in [2.45, 2.75) is 83.8 Å². The number of rotatable bonds is 3.